The van der Waals surface area contributed by atoms with Crippen LogP contribution in [0.5, 0.6) is 11.5 Å². The number of nitrogens with zero attached hydrogens (tertiary/aromatic N) is 2. The van der Waals surface area contributed by atoms with Crippen molar-refractivity contribution < 1.29 is 27.5 Å². The average Bonchev–Trinajstić information content (AvgIpc) is 2.85. The van der Waals surface area contributed by atoms with Crippen molar-refractivity contribution in [3.63, 3.8) is 0 Å². The van der Waals surface area contributed by atoms with Crippen molar-refractivity contribution in [2.24, 2.45) is 0 Å². The van der Waals surface area contributed by atoms with Crippen LogP contribution in [0.1, 0.15) is 32.3 Å². The van der Waals surface area contributed by atoms with Crippen LogP contribution in [0.4, 0.5) is 5.69 Å². The molecule has 0 saturated carbocycles. The maximum Gasteiger partial charge on any atom is 0.244 e. The molecule has 2 aromatic rings. The summed E-state index contributed by atoms with van der Waals surface area (Å²) < 4.78 is 37.6. The number of nitrogens with one attached hydrogen (secondary N) is 1. The number of fused-ring (bicyclic) bond motifs is 1. The zero-order valence-corrected chi connectivity index (χ0v) is 23.3. The predicted molar refractivity (Wildman–Crippen MR) is 144 cm³/mol. The molecular formula is C25H31Cl2N3O6S. The molecule has 0 fully saturated rings. The highest BCUT2D eigenvalue weighted by Gasteiger charge is 2.31. The van der Waals surface area contributed by atoms with E-state index in [-0.39, 0.29) is 18.1 Å². The fourth-order valence-corrected chi connectivity index (χ4v) is 5.06. The van der Waals surface area contributed by atoms with Crippen LogP contribution in [-0.4, -0.2) is 63.7 Å². The van der Waals surface area contributed by atoms with Gasteiger partial charge in [0.25, 0.3) is 0 Å². The van der Waals surface area contributed by atoms with Crippen LogP contribution in [0, 0.1) is 0 Å². The Labute approximate surface area is 227 Å². The van der Waals surface area contributed by atoms with Crippen molar-refractivity contribution in [2.75, 3.05) is 36.9 Å². The Kier molecular flexibility index (Phi) is 9.92. The molecule has 1 aliphatic rings. The summed E-state index contributed by atoms with van der Waals surface area (Å²) in [7, 11) is -3.88. The van der Waals surface area contributed by atoms with E-state index >= 15 is 0 Å². The van der Waals surface area contributed by atoms with Gasteiger partial charge in [0.1, 0.15) is 25.8 Å². The first-order valence-corrected chi connectivity index (χ1v) is 14.5. The topological polar surface area (TPSA) is 105 Å². The van der Waals surface area contributed by atoms with Gasteiger partial charge in [0.2, 0.25) is 21.8 Å². The van der Waals surface area contributed by atoms with E-state index in [0.717, 1.165) is 23.4 Å². The first-order chi connectivity index (χ1) is 17.5. The maximum absolute atomic E-state index is 13.6. The first kappa shape index (κ1) is 28.9. The van der Waals surface area contributed by atoms with Crippen molar-refractivity contribution in [3.05, 3.63) is 52.0 Å². The van der Waals surface area contributed by atoms with E-state index in [0.29, 0.717) is 46.9 Å². The van der Waals surface area contributed by atoms with E-state index in [4.69, 9.17) is 32.7 Å². The molecule has 0 spiro atoms. The maximum atomic E-state index is 13.6. The third-order valence-corrected chi connectivity index (χ3v) is 7.57. The molecule has 1 N–H and O–H groups in total. The van der Waals surface area contributed by atoms with Crippen molar-refractivity contribution in [2.45, 2.75) is 39.3 Å². The molecule has 0 aromatic heterocycles. The standard InChI is InChI=1S/C25H31Cl2N3O6S/c1-4-5-10-28-25(32)17(2)29(15-18-6-7-19(26)13-21(18)27)24(31)16-30(37(3,33)34)20-8-9-22-23(14-20)36-12-11-35-22/h6-9,13-14,17H,4-5,10-12,15-16H2,1-3H3,(H,28,32)/t17-/m1/s1. The molecule has 0 radical (unpaired) electrons. The SMILES string of the molecule is CCCCNC(=O)[C@@H](C)N(Cc1ccc(Cl)cc1Cl)C(=O)CN(c1ccc2c(c1)OCCO2)S(C)(=O)=O. The summed E-state index contributed by atoms with van der Waals surface area (Å²) in [6.45, 7) is 4.24. The lowest BCUT2D eigenvalue weighted by Crippen LogP contribution is -2.51. The number of carbonyl (C=O) groups is 2. The van der Waals surface area contributed by atoms with Gasteiger partial charge in [-0.1, -0.05) is 42.6 Å². The number of benzene rings is 2. The van der Waals surface area contributed by atoms with Gasteiger partial charge in [0, 0.05) is 29.2 Å². The molecule has 9 nitrogen and oxygen atoms in total. The molecule has 1 aliphatic heterocycles. The Balaban J connectivity index is 1.91. The van der Waals surface area contributed by atoms with Crippen molar-refractivity contribution in [1.29, 1.82) is 0 Å². The van der Waals surface area contributed by atoms with Gasteiger partial charge in [-0.05, 0) is 43.2 Å². The number of amides is 2. The van der Waals surface area contributed by atoms with Crippen LogP contribution in [0.3, 0.4) is 0 Å². The summed E-state index contributed by atoms with van der Waals surface area (Å²) in [4.78, 5) is 27.8. The van der Waals surface area contributed by atoms with Crippen LogP contribution < -0.4 is 19.1 Å². The number of unbranched alkanes of at least 4 members (excludes halogenated alkanes) is 1. The number of ether oxygens (including phenoxy) is 2. The third-order valence-electron chi connectivity index (χ3n) is 5.85. The molecule has 0 unspecified atom stereocenters. The van der Waals surface area contributed by atoms with Crippen LogP contribution in [0.2, 0.25) is 10.0 Å². The van der Waals surface area contributed by atoms with E-state index in [1.165, 1.54) is 11.0 Å². The average molecular weight is 573 g/mol. The Hall–Kier alpha value is -2.69. The molecule has 1 atom stereocenters. The van der Waals surface area contributed by atoms with Gasteiger partial charge >= 0.3 is 0 Å². The summed E-state index contributed by atoms with van der Waals surface area (Å²) in [5.74, 6) is -0.0499. The monoisotopic (exact) mass is 571 g/mol. The van der Waals surface area contributed by atoms with E-state index in [1.807, 2.05) is 6.92 Å². The van der Waals surface area contributed by atoms with E-state index in [1.54, 1.807) is 37.3 Å². The van der Waals surface area contributed by atoms with E-state index < -0.39 is 28.5 Å². The number of carbonyl (C=O) groups excluding carboxylic acids is 2. The van der Waals surface area contributed by atoms with Crippen molar-refractivity contribution >= 4 is 50.7 Å². The molecule has 0 saturated heterocycles. The second-order valence-corrected chi connectivity index (χ2v) is 11.4. The highest BCUT2D eigenvalue weighted by molar-refractivity contribution is 7.92. The normalized spacial score (nSPS) is 13.5. The van der Waals surface area contributed by atoms with E-state index in [2.05, 4.69) is 5.32 Å². The lowest BCUT2D eigenvalue weighted by atomic mass is 10.1. The van der Waals surface area contributed by atoms with Crippen LogP contribution in [0.25, 0.3) is 0 Å². The smallest absolute Gasteiger partial charge is 0.244 e. The highest BCUT2D eigenvalue weighted by Crippen LogP contribution is 2.35. The van der Waals surface area contributed by atoms with Crippen LogP contribution >= 0.6 is 23.2 Å². The van der Waals surface area contributed by atoms with Crippen LogP contribution in [-0.2, 0) is 26.2 Å². The summed E-state index contributed by atoms with van der Waals surface area (Å²) in [5, 5.41) is 3.59. The molecule has 2 aromatic carbocycles. The number of halogens is 2. The predicted octanol–water partition coefficient (Wildman–Crippen LogP) is 3.86. The van der Waals surface area contributed by atoms with E-state index in [9.17, 15) is 18.0 Å². The fourth-order valence-electron chi connectivity index (χ4n) is 3.75. The second-order valence-electron chi connectivity index (χ2n) is 8.68. The molecule has 3 rings (SSSR count). The van der Waals surface area contributed by atoms with Gasteiger partial charge in [0.05, 0.1) is 11.9 Å². The van der Waals surface area contributed by atoms with Crippen molar-refractivity contribution in [1.82, 2.24) is 10.2 Å². The molecule has 1 heterocycles. The minimum absolute atomic E-state index is 0.0179. The largest absolute Gasteiger partial charge is 0.486 e. The highest BCUT2D eigenvalue weighted by atomic mass is 35.5. The quantitative estimate of drug-likeness (QED) is 0.410. The number of sulfonamides is 1. The first-order valence-electron chi connectivity index (χ1n) is 11.9. The van der Waals surface area contributed by atoms with Gasteiger partial charge in [-0.3, -0.25) is 13.9 Å². The Morgan fingerprint density at radius 1 is 1.08 bits per heavy atom. The minimum atomic E-state index is -3.88. The molecular weight excluding hydrogens is 541 g/mol. The summed E-state index contributed by atoms with van der Waals surface area (Å²) in [6.07, 6.45) is 2.70. The lowest BCUT2D eigenvalue weighted by molar-refractivity contribution is -0.139. The summed E-state index contributed by atoms with van der Waals surface area (Å²) >= 11 is 12.4. The van der Waals surface area contributed by atoms with Gasteiger partial charge in [-0.15, -0.1) is 0 Å². The summed E-state index contributed by atoms with van der Waals surface area (Å²) in [5.41, 5.74) is 0.808. The number of anilines is 1. The number of hydrogen-bond acceptors (Lipinski definition) is 6. The van der Waals surface area contributed by atoms with Gasteiger partial charge in [-0.25, -0.2) is 8.42 Å². The molecule has 0 aliphatic carbocycles. The fraction of sp³-hybridized carbons (Fsp3) is 0.440. The van der Waals surface area contributed by atoms with Gasteiger partial charge in [-0.2, -0.15) is 0 Å². The second kappa shape index (κ2) is 12.7. The van der Waals surface area contributed by atoms with Crippen LogP contribution in [0.15, 0.2) is 36.4 Å². The third kappa shape index (κ3) is 7.66. The number of rotatable bonds is 11. The Morgan fingerprint density at radius 3 is 2.43 bits per heavy atom. The molecule has 2 amide bonds. The number of hydrogen-bond donors (Lipinski definition) is 1. The minimum Gasteiger partial charge on any atom is -0.486 e. The zero-order valence-electron chi connectivity index (χ0n) is 21.0. The molecule has 0 bridgehead atoms. The molecule has 202 valence electrons. The Bertz CT molecular complexity index is 1240. The zero-order chi connectivity index (χ0) is 27.2. The van der Waals surface area contributed by atoms with Crippen molar-refractivity contribution in [3.8, 4) is 11.5 Å². The molecule has 37 heavy (non-hydrogen) atoms. The molecule has 12 heteroatoms. The lowest BCUT2D eigenvalue weighted by Gasteiger charge is -2.32. The Morgan fingerprint density at radius 2 is 1.78 bits per heavy atom. The van der Waals surface area contributed by atoms with Gasteiger partial charge < -0.3 is 19.7 Å². The van der Waals surface area contributed by atoms with Gasteiger partial charge in [0.15, 0.2) is 11.5 Å². The summed E-state index contributed by atoms with van der Waals surface area (Å²) in [6, 6.07) is 8.62.